The summed E-state index contributed by atoms with van der Waals surface area (Å²) in [6.45, 7) is -0.482. The minimum Gasteiger partial charge on any atom is -0.484 e. The predicted molar refractivity (Wildman–Crippen MR) is 107 cm³/mol. The number of nitrogens with zero attached hydrogens (tertiary/aromatic N) is 3. The standard InChI is InChI=1S/C21H19ClF4N4O4/c22-13-3-2-12(6-14(13)23)33-8-16(31)28-17(32)19-9-18(10-19,11-19)15-7-27-30(29-15)20(4-1-5-20)34-21(24,25)26/h2-3,6-7H,1,4-5,8-11H2,(H,28,31,32). The molecule has 0 aliphatic heterocycles. The molecule has 0 radical (unpaired) electrons. The minimum absolute atomic E-state index is 0.0831. The largest absolute Gasteiger partial charge is 0.524 e. The molecular weight excluding hydrogens is 484 g/mol. The second-order valence-corrected chi connectivity index (χ2v) is 9.61. The van der Waals surface area contributed by atoms with Crippen LogP contribution in [0.2, 0.25) is 5.02 Å². The van der Waals surface area contributed by atoms with Crippen molar-refractivity contribution in [2.45, 2.75) is 56.0 Å². The van der Waals surface area contributed by atoms with Crippen LogP contribution in [0.1, 0.15) is 44.2 Å². The fraction of sp³-hybridized carbons (Fsp3) is 0.524. The Morgan fingerprint density at radius 3 is 2.50 bits per heavy atom. The molecule has 34 heavy (non-hydrogen) atoms. The lowest BCUT2D eigenvalue weighted by Gasteiger charge is -2.68. The zero-order chi connectivity index (χ0) is 24.4. The summed E-state index contributed by atoms with van der Waals surface area (Å²) in [4.78, 5) is 25.7. The molecule has 0 saturated heterocycles. The maximum Gasteiger partial charge on any atom is 0.524 e. The Kier molecular flexibility index (Phi) is 5.17. The van der Waals surface area contributed by atoms with Gasteiger partial charge in [0, 0.05) is 11.5 Å². The van der Waals surface area contributed by atoms with Gasteiger partial charge in [0.05, 0.1) is 22.3 Å². The van der Waals surface area contributed by atoms with E-state index in [0.29, 0.717) is 31.4 Å². The van der Waals surface area contributed by atoms with Crippen LogP contribution in [0.15, 0.2) is 24.4 Å². The molecule has 0 atom stereocenters. The number of aromatic nitrogens is 3. The quantitative estimate of drug-likeness (QED) is 0.581. The number of carbonyl (C=O) groups excluding carboxylic acids is 2. The summed E-state index contributed by atoms with van der Waals surface area (Å²) in [6, 6.07) is 3.71. The molecule has 4 fully saturated rings. The van der Waals surface area contributed by atoms with Gasteiger partial charge in [-0.3, -0.25) is 19.6 Å². The number of amides is 2. The lowest BCUT2D eigenvalue weighted by molar-refractivity contribution is -0.404. The van der Waals surface area contributed by atoms with Gasteiger partial charge in [-0.05, 0) is 50.7 Å². The van der Waals surface area contributed by atoms with Gasteiger partial charge in [0.1, 0.15) is 11.6 Å². The molecule has 8 nitrogen and oxygen atoms in total. The maximum atomic E-state index is 13.4. The SMILES string of the molecule is O=C(COc1ccc(Cl)c(F)c1)NC(=O)C12CC(c3cnn(C4(OC(F)(F)F)CCC4)n3)(C1)C2. The number of carbonyl (C=O) groups is 2. The lowest BCUT2D eigenvalue weighted by atomic mass is 9.34. The van der Waals surface area contributed by atoms with Gasteiger partial charge in [0.25, 0.3) is 5.91 Å². The van der Waals surface area contributed by atoms with E-state index in [2.05, 4.69) is 20.3 Å². The third-order valence-corrected chi connectivity index (χ3v) is 7.17. The van der Waals surface area contributed by atoms with Crippen LogP contribution in [0.4, 0.5) is 17.6 Å². The summed E-state index contributed by atoms with van der Waals surface area (Å²) in [7, 11) is 0. The molecule has 1 N–H and O–H groups in total. The van der Waals surface area contributed by atoms with Gasteiger partial charge >= 0.3 is 6.36 Å². The number of nitrogens with one attached hydrogen (secondary N) is 1. The van der Waals surface area contributed by atoms with Crippen LogP contribution >= 0.6 is 11.6 Å². The Labute approximate surface area is 195 Å². The first-order valence-corrected chi connectivity index (χ1v) is 10.9. The van der Waals surface area contributed by atoms with Gasteiger partial charge in [-0.15, -0.1) is 13.2 Å². The van der Waals surface area contributed by atoms with E-state index in [1.165, 1.54) is 18.3 Å². The number of hydrogen-bond acceptors (Lipinski definition) is 6. The zero-order valence-electron chi connectivity index (χ0n) is 17.6. The summed E-state index contributed by atoms with van der Waals surface area (Å²) in [5.74, 6) is -1.73. The fourth-order valence-electron chi connectivity index (χ4n) is 5.05. The highest BCUT2D eigenvalue weighted by molar-refractivity contribution is 6.30. The summed E-state index contributed by atoms with van der Waals surface area (Å²) in [6.07, 6.45) is -1.25. The van der Waals surface area contributed by atoms with E-state index in [-0.39, 0.29) is 23.6 Å². The predicted octanol–water partition coefficient (Wildman–Crippen LogP) is 3.59. The van der Waals surface area contributed by atoms with E-state index in [0.717, 1.165) is 10.9 Å². The maximum absolute atomic E-state index is 13.4. The van der Waals surface area contributed by atoms with Crippen molar-refractivity contribution in [2.24, 2.45) is 5.41 Å². The molecule has 2 amide bonds. The van der Waals surface area contributed by atoms with Crippen LogP contribution < -0.4 is 10.1 Å². The Morgan fingerprint density at radius 2 is 1.91 bits per heavy atom. The van der Waals surface area contributed by atoms with Crippen molar-refractivity contribution in [3.05, 3.63) is 40.9 Å². The van der Waals surface area contributed by atoms with E-state index >= 15 is 0 Å². The summed E-state index contributed by atoms with van der Waals surface area (Å²) in [5, 5.41) is 10.5. The van der Waals surface area contributed by atoms with E-state index in [4.69, 9.17) is 16.3 Å². The van der Waals surface area contributed by atoms with Gasteiger partial charge in [0.15, 0.2) is 12.3 Å². The van der Waals surface area contributed by atoms with Gasteiger partial charge in [0.2, 0.25) is 5.91 Å². The first kappa shape index (κ1) is 23.0. The Hall–Kier alpha value is -2.73. The third kappa shape index (κ3) is 3.82. The van der Waals surface area contributed by atoms with Crippen LogP contribution in [0.3, 0.4) is 0 Å². The third-order valence-electron chi connectivity index (χ3n) is 6.87. The molecule has 1 aromatic heterocycles. The Morgan fingerprint density at radius 1 is 1.21 bits per heavy atom. The molecule has 1 aromatic carbocycles. The van der Waals surface area contributed by atoms with Crippen LogP contribution in [0, 0.1) is 11.2 Å². The summed E-state index contributed by atoms with van der Waals surface area (Å²) >= 11 is 5.59. The Balaban J connectivity index is 1.15. The van der Waals surface area contributed by atoms with Crippen molar-refractivity contribution in [2.75, 3.05) is 6.61 Å². The van der Waals surface area contributed by atoms with Crippen LogP contribution in [-0.4, -0.2) is 39.8 Å². The molecule has 4 saturated carbocycles. The molecule has 4 aliphatic rings. The zero-order valence-corrected chi connectivity index (χ0v) is 18.4. The minimum atomic E-state index is -4.80. The molecule has 0 spiro atoms. The number of rotatable bonds is 7. The highest BCUT2D eigenvalue weighted by atomic mass is 35.5. The van der Waals surface area contributed by atoms with Crippen molar-refractivity contribution >= 4 is 23.4 Å². The van der Waals surface area contributed by atoms with E-state index in [1.54, 1.807) is 0 Å². The molecule has 2 bridgehead atoms. The molecule has 182 valence electrons. The smallest absolute Gasteiger partial charge is 0.484 e. The van der Waals surface area contributed by atoms with Crippen LogP contribution in [0.5, 0.6) is 5.75 Å². The van der Waals surface area contributed by atoms with Crippen molar-refractivity contribution in [3.8, 4) is 5.75 Å². The molecule has 1 heterocycles. The molecule has 2 aromatic rings. The normalized spacial score (nSPS) is 26.6. The van der Waals surface area contributed by atoms with Gasteiger partial charge < -0.3 is 4.74 Å². The topological polar surface area (TPSA) is 95.3 Å². The van der Waals surface area contributed by atoms with E-state index < -0.39 is 47.2 Å². The van der Waals surface area contributed by atoms with E-state index in [1.807, 2.05) is 0 Å². The van der Waals surface area contributed by atoms with Crippen molar-refractivity contribution < 1.29 is 36.6 Å². The van der Waals surface area contributed by atoms with Gasteiger partial charge in [-0.25, -0.2) is 4.39 Å². The van der Waals surface area contributed by atoms with Crippen molar-refractivity contribution in [1.82, 2.24) is 20.3 Å². The molecule has 4 aliphatic carbocycles. The average Bonchev–Trinajstić information content (AvgIpc) is 3.13. The summed E-state index contributed by atoms with van der Waals surface area (Å²) in [5.41, 5.74) is -2.28. The number of hydrogen-bond donors (Lipinski definition) is 1. The second-order valence-electron chi connectivity index (χ2n) is 9.20. The highest BCUT2D eigenvalue weighted by Gasteiger charge is 2.73. The Bertz CT molecular complexity index is 1140. The summed E-state index contributed by atoms with van der Waals surface area (Å²) < 4.78 is 61.4. The number of imide groups is 1. The molecule has 0 unspecified atom stereocenters. The van der Waals surface area contributed by atoms with E-state index in [9.17, 15) is 27.2 Å². The fourth-order valence-corrected chi connectivity index (χ4v) is 5.17. The van der Waals surface area contributed by atoms with Crippen LogP contribution in [0.25, 0.3) is 0 Å². The molecule has 6 rings (SSSR count). The second kappa shape index (κ2) is 7.64. The first-order chi connectivity index (χ1) is 15.9. The first-order valence-electron chi connectivity index (χ1n) is 10.6. The van der Waals surface area contributed by atoms with Gasteiger partial charge in [-0.1, -0.05) is 11.6 Å². The monoisotopic (exact) mass is 502 g/mol. The number of benzene rings is 1. The molecule has 13 heteroatoms. The van der Waals surface area contributed by atoms with Crippen molar-refractivity contribution in [3.63, 3.8) is 0 Å². The number of ether oxygens (including phenoxy) is 2. The lowest BCUT2D eigenvalue weighted by Crippen LogP contribution is -2.70. The number of alkyl halides is 3. The van der Waals surface area contributed by atoms with Gasteiger partial charge in [-0.2, -0.15) is 15.0 Å². The van der Waals surface area contributed by atoms with Crippen molar-refractivity contribution in [1.29, 1.82) is 0 Å². The molecular formula is C21H19ClF4N4O4. The average molecular weight is 503 g/mol. The highest BCUT2D eigenvalue weighted by Crippen LogP contribution is 2.73. The van der Waals surface area contributed by atoms with Crippen LogP contribution in [-0.2, 0) is 25.5 Å². The number of halogens is 5.